The predicted molar refractivity (Wildman–Crippen MR) is 79.7 cm³/mol. The maximum atomic E-state index is 11.3. The second-order valence-corrected chi connectivity index (χ2v) is 4.93. The van der Waals surface area contributed by atoms with Crippen molar-refractivity contribution in [1.29, 1.82) is 0 Å². The standard InChI is InChI=1S/C16H20N2O3/c17-16(20)15-7-2-8-18(15)9-11-21-14-6-1-4-13(12-14)5-3-10-19/h1,4,6,12,15,19H,2,7-11H2,(H2,17,20). The summed E-state index contributed by atoms with van der Waals surface area (Å²) in [5.41, 5.74) is 6.18. The maximum absolute atomic E-state index is 11.3. The Hall–Kier alpha value is -2.03. The summed E-state index contributed by atoms with van der Waals surface area (Å²) in [6.45, 7) is 1.91. The molecule has 1 aliphatic heterocycles. The molecule has 0 aliphatic carbocycles. The van der Waals surface area contributed by atoms with Gasteiger partial charge in [-0.1, -0.05) is 17.9 Å². The second kappa shape index (κ2) is 7.67. The molecule has 0 bridgehead atoms. The number of benzene rings is 1. The van der Waals surface area contributed by atoms with Crippen LogP contribution in [0.25, 0.3) is 0 Å². The fourth-order valence-electron chi connectivity index (χ4n) is 2.50. The molecule has 0 spiro atoms. The number of aliphatic hydroxyl groups excluding tert-OH is 1. The number of primary amides is 1. The molecule has 1 atom stereocenters. The van der Waals surface area contributed by atoms with Crippen LogP contribution >= 0.6 is 0 Å². The van der Waals surface area contributed by atoms with Crippen LogP contribution in [-0.2, 0) is 4.79 Å². The van der Waals surface area contributed by atoms with E-state index < -0.39 is 0 Å². The van der Waals surface area contributed by atoms with E-state index in [0.717, 1.165) is 30.7 Å². The minimum atomic E-state index is -0.256. The van der Waals surface area contributed by atoms with Gasteiger partial charge in [-0.05, 0) is 37.6 Å². The van der Waals surface area contributed by atoms with Gasteiger partial charge in [0.25, 0.3) is 0 Å². The van der Waals surface area contributed by atoms with Gasteiger partial charge >= 0.3 is 0 Å². The number of nitrogens with zero attached hydrogens (tertiary/aromatic N) is 1. The molecule has 0 saturated carbocycles. The molecule has 3 N–H and O–H groups in total. The lowest BCUT2D eigenvalue weighted by atomic mass is 10.2. The summed E-state index contributed by atoms with van der Waals surface area (Å²) in [5, 5.41) is 8.68. The van der Waals surface area contributed by atoms with Gasteiger partial charge < -0.3 is 15.6 Å². The van der Waals surface area contributed by atoms with Crippen molar-refractivity contribution in [3.05, 3.63) is 29.8 Å². The summed E-state index contributed by atoms with van der Waals surface area (Å²) in [4.78, 5) is 13.4. The summed E-state index contributed by atoms with van der Waals surface area (Å²) in [7, 11) is 0. The molecular weight excluding hydrogens is 268 g/mol. The number of likely N-dealkylation sites (tertiary alicyclic amines) is 1. The zero-order chi connectivity index (χ0) is 15.1. The number of hydrogen-bond acceptors (Lipinski definition) is 4. The van der Waals surface area contributed by atoms with Crippen LogP contribution in [0.1, 0.15) is 18.4 Å². The number of ether oxygens (including phenoxy) is 1. The molecule has 1 amide bonds. The zero-order valence-corrected chi connectivity index (χ0v) is 11.9. The van der Waals surface area contributed by atoms with Crippen LogP contribution in [0.5, 0.6) is 5.75 Å². The van der Waals surface area contributed by atoms with Crippen molar-refractivity contribution in [2.75, 3.05) is 26.3 Å². The second-order valence-electron chi connectivity index (χ2n) is 4.93. The Morgan fingerprint density at radius 2 is 2.38 bits per heavy atom. The van der Waals surface area contributed by atoms with Gasteiger partial charge in [-0.15, -0.1) is 0 Å². The number of carbonyl (C=O) groups excluding carboxylic acids is 1. The van der Waals surface area contributed by atoms with Crippen molar-refractivity contribution >= 4 is 5.91 Å². The van der Waals surface area contributed by atoms with Crippen LogP contribution in [0.3, 0.4) is 0 Å². The monoisotopic (exact) mass is 288 g/mol. The molecule has 0 radical (unpaired) electrons. The Morgan fingerprint density at radius 1 is 1.52 bits per heavy atom. The van der Waals surface area contributed by atoms with Gasteiger partial charge in [-0.2, -0.15) is 0 Å². The van der Waals surface area contributed by atoms with E-state index in [1.165, 1.54) is 0 Å². The third-order valence-corrected chi connectivity index (χ3v) is 3.49. The predicted octanol–water partition coefficient (Wildman–Crippen LogP) is 0.359. The largest absolute Gasteiger partial charge is 0.492 e. The summed E-state index contributed by atoms with van der Waals surface area (Å²) in [6, 6.07) is 7.26. The molecule has 1 fully saturated rings. The Bertz CT molecular complexity index is 548. The van der Waals surface area contributed by atoms with Crippen LogP contribution in [0.2, 0.25) is 0 Å². The van der Waals surface area contributed by atoms with Gasteiger partial charge in [0.15, 0.2) is 0 Å². The molecular formula is C16H20N2O3. The molecule has 21 heavy (non-hydrogen) atoms. The van der Waals surface area contributed by atoms with Crippen LogP contribution in [-0.4, -0.2) is 48.3 Å². The summed E-state index contributed by atoms with van der Waals surface area (Å²) in [6.07, 6.45) is 1.83. The summed E-state index contributed by atoms with van der Waals surface area (Å²) < 4.78 is 5.69. The molecule has 1 aromatic carbocycles. The first-order chi connectivity index (χ1) is 10.2. The maximum Gasteiger partial charge on any atom is 0.234 e. The van der Waals surface area contributed by atoms with Crippen molar-refractivity contribution in [1.82, 2.24) is 4.90 Å². The molecule has 1 aliphatic rings. The van der Waals surface area contributed by atoms with Gasteiger partial charge in [-0.25, -0.2) is 0 Å². The van der Waals surface area contributed by atoms with Crippen LogP contribution in [0.15, 0.2) is 24.3 Å². The van der Waals surface area contributed by atoms with Crippen molar-refractivity contribution in [2.24, 2.45) is 5.73 Å². The van der Waals surface area contributed by atoms with Crippen molar-refractivity contribution in [3.63, 3.8) is 0 Å². The molecule has 1 heterocycles. The minimum Gasteiger partial charge on any atom is -0.492 e. The van der Waals surface area contributed by atoms with Crippen molar-refractivity contribution < 1.29 is 14.6 Å². The van der Waals surface area contributed by atoms with E-state index in [2.05, 4.69) is 16.7 Å². The highest BCUT2D eigenvalue weighted by Gasteiger charge is 2.28. The number of carbonyl (C=O) groups is 1. The average Bonchev–Trinajstić information content (AvgIpc) is 2.94. The lowest BCUT2D eigenvalue weighted by Gasteiger charge is -2.21. The lowest BCUT2D eigenvalue weighted by molar-refractivity contribution is -0.122. The fraction of sp³-hybridized carbons (Fsp3) is 0.438. The molecule has 0 aromatic heterocycles. The van der Waals surface area contributed by atoms with Gasteiger partial charge in [0.05, 0.1) is 6.04 Å². The normalized spacial score (nSPS) is 18.0. The van der Waals surface area contributed by atoms with E-state index >= 15 is 0 Å². The van der Waals surface area contributed by atoms with Gasteiger partial charge in [-0.3, -0.25) is 9.69 Å². The van der Waals surface area contributed by atoms with Crippen molar-refractivity contribution in [3.8, 4) is 17.6 Å². The van der Waals surface area contributed by atoms with E-state index in [-0.39, 0.29) is 18.6 Å². The Morgan fingerprint density at radius 3 is 3.14 bits per heavy atom. The molecule has 1 saturated heterocycles. The van der Waals surface area contributed by atoms with E-state index in [1.54, 1.807) is 0 Å². The van der Waals surface area contributed by atoms with Gasteiger partial charge in [0.1, 0.15) is 19.0 Å². The Labute approximate surface area is 124 Å². The number of hydrogen-bond donors (Lipinski definition) is 2. The van der Waals surface area contributed by atoms with Gasteiger partial charge in [0.2, 0.25) is 5.91 Å². The Kier molecular flexibility index (Phi) is 5.61. The molecule has 5 nitrogen and oxygen atoms in total. The molecule has 5 heteroatoms. The first-order valence-electron chi connectivity index (χ1n) is 7.06. The third kappa shape index (κ3) is 4.48. The highest BCUT2D eigenvalue weighted by atomic mass is 16.5. The van der Waals surface area contributed by atoms with Crippen LogP contribution < -0.4 is 10.5 Å². The molecule has 1 aromatic rings. The highest BCUT2D eigenvalue weighted by Crippen LogP contribution is 2.17. The van der Waals surface area contributed by atoms with E-state index in [9.17, 15) is 4.79 Å². The minimum absolute atomic E-state index is 0.157. The molecule has 112 valence electrons. The topological polar surface area (TPSA) is 75.8 Å². The summed E-state index contributed by atoms with van der Waals surface area (Å²) >= 11 is 0. The lowest BCUT2D eigenvalue weighted by Crippen LogP contribution is -2.42. The highest BCUT2D eigenvalue weighted by molar-refractivity contribution is 5.80. The number of rotatable bonds is 5. The number of amides is 1. The first-order valence-corrected chi connectivity index (χ1v) is 7.06. The fourth-order valence-corrected chi connectivity index (χ4v) is 2.50. The van der Waals surface area contributed by atoms with E-state index in [0.29, 0.717) is 13.2 Å². The van der Waals surface area contributed by atoms with Crippen molar-refractivity contribution in [2.45, 2.75) is 18.9 Å². The zero-order valence-electron chi connectivity index (χ0n) is 11.9. The van der Waals surface area contributed by atoms with E-state index in [4.69, 9.17) is 15.6 Å². The third-order valence-electron chi connectivity index (χ3n) is 3.49. The van der Waals surface area contributed by atoms with Crippen LogP contribution in [0.4, 0.5) is 0 Å². The van der Waals surface area contributed by atoms with Crippen LogP contribution in [0, 0.1) is 11.8 Å². The summed E-state index contributed by atoms with van der Waals surface area (Å²) in [5.74, 6) is 5.91. The smallest absolute Gasteiger partial charge is 0.234 e. The first kappa shape index (κ1) is 15.4. The quantitative estimate of drug-likeness (QED) is 0.767. The number of nitrogens with two attached hydrogens (primary N) is 1. The molecule has 1 unspecified atom stereocenters. The Balaban J connectivity index is 1.84. The van der Waals surface area contributed by atoms with Gasteiger partial charge in [0, 0.05) is 12.1 Å². The average molecular weight is 288 g/mol. The SMILES string of the molecule is NC(=O)C1CCCN1CCOc1cccc(C#CCO)c1. The van der Waals surface area contributed by atoms with E-state index in [1.807, 2.05) is 24.3 Å². The molecule has 2 rings (SSSR count). The number of aliphatic hydroxyl groups is 1.